The van der Waals surface area contributed by atoms with Crippen LogP contribution >= 0.6 is 0 Å². The summed E-state index contributed by atoms with van der Waals surface area (Å²) in [6, 6.07) is 0. The molecule has 14 heavy (non-hydrogen) atoms. The van der Waals surface area contributed by atoms with E-state index in [0.29, 0.717) is 0 Å². The first-order valence-electron chi connectivity index (χ1n) is 6.87. The van der Waals surface area contributed by atoms with E-state index in [1.807, 2.05) is 0 Å². The van der Waals surface area contributed by atoms with Crippen molar-refractivity contribution in [3.63, 3.8) is 0 Å². The van der Waals surface area contributed by atoms with Gasteiger partial charge in [-0.2, -0.15) is 0 Å². The molecule has 2 spiro atoms. The van der Waals surface area contributed by atoms with E-state index in [-0.39, 0.29) is 0 Å². The summed E-state index contributed by atoms with van der Waals surface area (Å²) in [6.07, 6.45) is 10.0. The minimum absolute atomic E-state index is 0.967. The van der Waals surface area contributed by atoms with Crippen molar-refractivity contribution >= 4 is 0 Å². The molecule has 0 aromatic heterocycles. The Kier molecular flexibility index (Phi) is 0.676. The third-order valence-corrected chi connectivity index (χ3v) is 8.22. The molecule has 2 bridgehead atoms. The summed E-state index contributed by atoms with van der Waals surface area (Å²) >= 11 is 0. The van der Waals surface area contributed by atoms with Crippen LogP contribution in [0.25, 0.3) is 0 Å². The van der Waals surface area contributed by atoms with Crippen molar-refractivity contribution in [3.8, 4) is 0 Å². The number of hydrogen-bond acceptors (Lipinski definition) is 0. The molecule has 8 unspecified atom stereocenters. The van der Waals surface area contributed by atoms with Crippen LogP contribution in [0.3, 0.4) is 0 Å². The Morgan fingerprint density at radius 3 is 1.86 bits per heavy atom. The van der Waals surface area contributed by atoms with Gasteiger partial charge >= 0.3 is 0 Å². The van der Waals surface area contributed by atoms with Crippen molar-refractivity contribution < 1.29 is 0 Å². The molecular formula is C14H18. The van der Waals surface area contributed by atoms with Crippen LogP contribution in [-0.4, -0.2) is 0 Å². The van der Waals surface area contributed by atoms with Crippen molar-refractivity contribution in [1.82, 2.24) is 0 Å². The van der Waals surface area contributed by atoms with Gasteiger partial charge in [0.2, 0.25) is 0 Å². The third kappa shape index (κ3) is 0.323. The third-order valence-electron chi connectivity index (χ3n) is 8.22. The molecule has 0 aliphatic heterocycles. The summed E-state index contributed by atoms with van der Waals surface area (Å²) in [5, 5.41) is 0. The second-order valence-corrected chi connectivity index (χ2v) is 7.52. The first-order valence-corrected chi connectivity index (χ1v) is 6.87. The van der Waals surface area contributed by atoms with Crippen molar-refractivity contribution in [2.45, 2.75) is 38.5 Å². The predicted octanol–water partition coefficient (Wildman–Crippen LogP) is 3.08. The molecule has 74 valence electrons. The molecule has 0 N–H and O–H groups in total. The fourth-order valence-corrected chi connectivity index (χ4v) is 8.61. The molecule has 8 atom stereocenters. The number of rotatable bonds is 0. The highest BCUT2D eigenvalue weighted by Gasteiger charge is 2.89. The van der Waals surface area contributed by atoms with E-state index < -0.39 is 0 Å². The summed E-state index contributed by atoms with van der Waals surface area (Å²) in [5.41, 5.74) is 1.93. The highest BCUT2D eigenvalue weighted by Crippen LogP contribution is 2.95. The Morgan fingerprint density at radius 2 is 1.29 bits per heavy atom. The van der Waals surface area contributed by atoms with Crippen LogP contribution in [0.1, 0.15) is 38.5 Å². The maximum absolute atomic E-state index is 1.71. The van der Waals surface area contributed by atoms with Gasteiger partial charge < -0.3 is 0 Å². The molecule has 0 aromatic carbocycles. The van der Waals surface area contributed by atoms with Crippen LogP contribution in [-0.2, 0) is 0 Å². The molecule has 0 nitrogen and oxygen atoms in total. The fourth-order valence-electron chi connectivity index (χ4n) is 8.61. The zero-order chi connectivity index (χ0) is 8.71. The van der Waals surface area contributed by atoms with E-state index in [4.69, 9.17) is 0 Å². The van der Waals surface area contributed by atoms with Gasteiger partial charge in [-0.05, 0) is 78.4 Å². The van der Waals surface area contributed by atoms with E-state index in [0.717, 1.165) is 10.8 Å². The Morgan fingerprint density at radius 1 is 0.714 bits per heavy atom. The maximum atomic E-state index is 1.71. The lowest BCUT2D eigenvalue weighted by Gasteiger charge is -2.62. The molecule has 0 aromatic rings. The lowest BCUT2D eigenvalue weighted by atomic mass is 9.41. The molecule has 6 aliphatic rings. The van der Waals surface area contributed by atoms with E-state index in [1.165, 1.54) is 35.5 Å². The lowest BCUT2D eigenvalue weighted by Crippen LogP contribution is -2.58. The summed E-state index contributed by atoms with van der Waals surface area (Å²) in [5.74, 6) is 7.55. The van der Waals surface area contributed by atoms with E-state index in [2.05, 4.69) is 0 Å². The minimum atomic E-state index is 0.967. The fraction of sp³-hybridized carbons (Fsp3) is 1.00. The molecule has 6 fully saturated rings. The van der Waals surface area contributed by atoms with Gasteiger partial charge in [-0.3, -0.25) is 0 Å². The topological polar surface area (TPSA) is 0 Å². The molecule has 6 saturated carbocycles. The monoisotopic (exact) mass is 186 g/mol. The number of hydrogen-bond donors (Lipinski definition) is 0. The van der Waals surface area contributed by atoms with Crippen LogP contribution < -0.4 is 0 Å². The zero-order valence-corrected chi connectivity index (χ0v) is 8.71. The Bertz CT molecular complexity index is 334. The number of fused-ring (bicyclic) bond motifs is 1. The lowest BCUT2D eigenvalue weighted by molar-refractivity contribution is -0.154. The van der Waals surface area contributed by atoms with Crippen LogP contribution in [0.15, 0.2) is 0 Å². The maximum Gasteiger partial charge on any atom is -0.0201 e. The molecule has 6 rings (SSSR count). The smallest absolute Gasteiger partial charge is 0.0201 e. The molecular weight excluding hydrogens is 168 g/mol. The molecule has 0 heteroatoms. The average molecular weight is 186 g/mol. The van der Waals surface area contributed by atoms with Gasteiger partial charge in [0.1, 0.15) is 0 Å². The summed E-state index contributed by atoms with van der Waals surface area (Å²) < 4.78 is 0. The molecule has 0 saturated heterocycles. The normalized spacial score (nSPS) is 84.0. The van der Waals surface area contributed by atoms with E-state index in [9.17, 15) is 0 Å². The molecule has 0 heterocycles. The first kappa shape index (κ1) is 6.55. The van der Waals surface area contributed by atoms with Crippen LogP contribution in [0.4, 0.5) is 0 Å². The molecule has 0 amide bonds. The van der Waals surface area contributed by atoms with Gasteiger partial charge in [-0.1, -0.05) is 6.42 Å². The van der Waals surface area contributed by atoms with Crippen molar-refractivity contribution in [1.29, 1.82) is 0 Å². The second kappa shape index (κ2) is 1.44. The van der Waals surface area contributed by atoms with Gasteiger partial charge in [0, 0.05) is 0 Å². The Labute approximate surface area is 85.4 Å². The molecule has 0 radical (unpaired) electrons. The highest BCUT2D eigenvalue weighted by molar-refractivity contribution is 5.37. The van der Waals surface area contributed by atoms with Gasteiger partial charge in [0.05, 0.1) is 0 Å². The van der Waals surface area contributed by atoms with Gasteiger partial charge in [-0.25, -0.2) is 0 Å². The van der Waals surface area contributed by atoms with E-state index in [1.54, 1.807) is 38.5 Å². The van der Waals surface area contributed by atoms with Crippen molar-refractivity contribution in [3.05, 3.63) is 0 Å². The van der Waals surface area contributed by atoms with E-state index >= 15 is 0 Å². The minimum Gasteiger partial charge on any atom is -0.0522 e. The summed E-state index contributed by atoms with van der Waals surface area (Å²) in [4.78, 5) is 0. The van der Waals surface area contributed by atoms with Crippen LogP contribution in [0, 0.1) is 46.3 Å². The van der Waals surface area contributed by atoms with Crippen molar-refractivity contribution in [2.24, 2.45) is 46.3 Å². The second-order valence-electron chi connectivity index (χ2n) is 7.52. The molecule has 6 aliphatic carbocycles. The average Bonchev–Trinajstić information content (AvgIpc) is 2.81. The SMILES string of the molecule is C1CC23CC4C5CC2(C1)C1C5CC4C13. The van der Waals surface area contributed by atoms with Gasteiger partial charge in [-0.15, -0.1) is 0 Å². The standard InChI is InChI=1S/C14H18/c1-2-13-5-9-7-4-8-10(9)6-14(13,3-1)12(8)11(7)13/h7-12H,1-6H2. The van der Waals surface area contributed by atoms with Crippen molar-refractivity contribution in [2.75, 3.05) is 0 Å². The first-order chi connectivity index (χ1) is 6.87. The summed E-state index contributed by atoms with van der Waals surface area (Å²) in [6.45, 7) is 0. The Hall–Kier alpha value is 0. The quantitative estimate of drug-likeness (QED) is 0.545. The zero-order valence-electron chi connectivity index (χ0n) is 8.71. The predicted molar refractivity (Wildman–Crippen MR) is 53.5 cm³/mol. The van der Waals surface area contributed by atoms with Gasteiger partial charge in [0.15, 0.2) is 0 Å². The Balaban J connectivity index is 1.76. The van der Waals surface area contributed by atoms with Crippen LogP contribution in [0.5, 0.6) is 0 Å². The van der Waals surface area contributed by atoms with Crippen LogP contribution in [0.2, 0.25) is 0 Å². The highest BCUT2D eigenvalue weighted by atomic mass is 14.9. The summed E-state index contributed by atoms with van der Waals surface area (Å²) in [7, 11) is 0. The van der Waals surface area contributed by atoms with Gasteiger partial charge in [0.25, 0.3) is 0 Å². The largest absolute Gasteiger partial charge is 0.0522 e.